The predicted octanol–water partition coefficient (Wildman–Crippen LogP) is 4.43. The van der Waals surface area contributed by atoms with E-state index >= 15 is 0 Å². The molecule has 5 heteroatoms. The Morgan fingerprint density at radius 2 is 2.08 bits per heavy atom. The number of amides is 1. The Morgan fingerprint density at radius 3 is 2.81 bits per heavy atom. The largest absolute Gasteiger partial charge is 0.336 e. The third kappa shape index (κ3) is 4.58. The van der Waals surface area contributed by atoms with Gasteiger partial charge >= 0.3 is 0 Å². The van der Waals surface area contributed by atoms with Gasteiger partial charge in [-0.3, -0.25) is 4.79 Å². The third-order valence-corrected chi connectivity index (χ3v) is 5.54. The molecule has 0 N–H and O–H groups in total. The maximum atomic E-state index is 12.8. The zero-order chi connectivity index (χ0) is 18.6. The molecule has 0 saturated carbocycles. The summed E-state index contributed by atoms with van der Waals surface area (Å²) >= 11 is 1.53. The minimum atomic E-state index is -0.0313. The number of hydrogen-bond donors (Lipinski definition) is 0. The highest BCUT2D eigenvalue weighted by Crippen LogP contribution is 2.26. The van der Waals surface area contributed by atoms with Crippen molar-refractivity contribution in [1.29, 1.82) is 0 Å². The van der Waals surface area contributed by atoms with Crippen LogP contribution >= 0.6 is 11.8 Å². The van der Waals surface area contributed by atoms with Gasteiger partial charge in [-0.2, -0.15) is 0 Å². The van der Waals surface area contributed by atoms with Gasteiger partial charge in [0.1, 0.15) is 0 Å². The average Bonchev–Trinajstić information content (AvgIpc) is 3.27. The van der Waals surface area contributed by atoms with Crippen molar-refractivity contribution in [3.63, 3.8) is 0 Å². The van der Waals surface area contributed by atoms with E-state index in [2.05, 4.69) is 54.6 Å². The summed E-state index contributed by atoms with van der Waals surface area (Å²) in [4.78, 5) is 19.2. The molecule has 0 spiro atoms. The SMILES string of the molecule is CC(C)(C)n1ccnc1SCC(=O)N1CCCC1C=Cc1ccccc1. The topological polar surface area (TPSA) is 38.1 Å². The van der Waals surface area contributed by atoms with Gasteiger partial charge in [0.05, 0.1) is 11.8 Å². The summed E-state index contributed by atoms with van der Waals surface area (Å²) in [5.41, 5.74) is 1.14. The van der Waals surface area contributed by atoms with E-state index in [0.717, 1.165) is 24.5 Å². The van der Waals surface area contributed by atoms with Crippen LogP contribution in [-0.2, 0) is 10.3 Å². The Kier molecular flexibility index (Phi) is 5.87. The van der Waals surface area contributed by atoms with Crippen LogP contribution in [0.15, 0.2) is 54.0 Å². The molecule has 1 fully saturated rings. The minimum Gasteiger partial charge on any atom is -0.336 e. The lowest BCUT2D eigenvalue weighted by molar-refractivity contribution is -0.128. The summed E-state index contributed by atoms with van der Waals surface area (Å²) in [6.07, 6.45) is 10.2. The monoisotopic (exact) mass is 369 g/mol. The first-order chi connectivity index (χ1) is 12.4. The van der Waals surface area contributed by atoms with E-state index in [1.807, 2.05) is 29.3 Å². The summed E-state index contributed by atoms with van der Waals surface area (Å²) in [6.45, 7) is 7.28. The second-order valence-electron chi connectivity index (χ2n) is 7.61. The van der Waals surface area contributed by atoms with Gasteiger partial charge in [-0.1, -0.05) is 54.2 Å². The molecular weight excluding hydrogens is 342 g/mol. The number of imidazole rings is 1. The van der Waals surface area contributed by atoms with Gasteiger partial charge in [0.2, 0.25) is 5.91 Å². The number of aromatic nitrogens is 2. The summed E-state index contributed by atoms with van der Waals surface area (Å²) < 4.78 is 2.13. The van der Waals surface area contributed by atoms with E-state index in [1.54, 1.807) is 6.20 Å². The molecule has 1 amide bonds. The average molecular weight is 370 g/mol. The number of rotatable bonds is 5. The Balaban J connectivity index is 1.60. The molecule has 0 bridgehead atoms. The smallest absolute Gasteiger partial charge is 0.233 e. The molecule has 1 aliphatic rings. The summed E-state index contributed by atoms with van der Waals surface area (Å²) in [6, 6.07) is 10.4. The molecule has 26 heavy (non-hydrogen) atoms. The summed E-state index contributed by atoms with van der Waals surface area (Å²) in [5.74, 6) is 0.627. The molecule has 1 aromatic carbocycles. The second-order valence-corrected chi connectivity index (χ2v) is 8.55. The molecule has 4 nitrogen and oxygen atoms in total. The lowest BCUT2D eigenvalue weighted by atomic mass is 10.1. The van der Waals surface area contributed by atoms with Crippen LogP contribution in [0, 0.1) is 0 Å². The van der Waals surface area contributed by atoms with Crippen LogP contribution < -0.4 is 0 Å². The van der Waals surface area contributed by atoms with Gasteiger partial charge in [0.15, 0.2) is 5.16 Å². The van der Waals surface area contributed by atoms with E-state index in [-0.39, 0.29) is 17.5 Å². The quantitative estimate of drug-likeness (QED) is 0.732. The highest BCUT2D eigenvalue weighted by molar-refractivity contribution is 7.99. The van der Waals surface area contributed by atoms with Gasteiger partial charge in [-0.15, -0.1) is 0 Å². The fourth-order valence-corrected chi connectivity index (χ4v) is 4.23. The number of benzene rings is 1. The first-order valence-corrected chi connectivity index (χ1v) is 10.1. The molecule has 2 heterocycles. The number of carbonyl (C=O) groups excluding carboxylic acids is 1. The van der Waals surface area contributed by atoms with Crippen LogP contribution in [-0.4, -0.2) is 38.7 Å². The maximum absolute atomic E-state index is 12.8. The van der Waals surface area contributed by atoms with Crippen molar-refractivity contribution in [2.75, 3.05) is 12.3 Å². The van der Waals surface area contributed by atoms with Crippen molar-refractivity contribution in [3.8, 4) is 0 Å². The van der Waals surface area contributed by atoms with Crippen molar-refractivity contribution < 1.29 is 4.79 Å². The number of thioether (sulfide) groups is 1. The van der Waals surface area contributed by atoms with Crippen molar-refractivity contribution in [2.24, 2.45) is 0 Å². The molecule has 1 aliphatic heterocycles. The number of hydrogen-bond acceptors (Lipinski definition) is 3. The van der Waals surface area contributed by atoms with E-state index in [1.165, 1.54) is 17.3 Å². The maximum Gasteiger partial charge on any atom is 0.233 e. The first-order valence-electron chi connectivity index (χ1n) is 9.14. The first kappa shape index (κ1) is 18.8. The molecule has 0 radical (unpaired) electrons. The summed E-state index contributed by atoms with van der Waals surface area (Å²) in [7, 11) is 0. The van der Waals surface area contributed by atoms with Crippen LogP contribution in [0.25, 0.3) is 6.08 Å². The Hall–Kier alpha value is -2.01. The molecule has 3 rings (SSSR count). The van der Waals surface area contributed by atoms with Gasteiger partial charge in [0, 0.05) is 24.5 Å². The zero-order valence-corrected chi connectivity index (χ0v) is 16.6. The lowest BCUT2D eigenvalue weighted by Gasteiger charge is -2.24. The third-order valence-electron chi connectivity index (χ3n) is 4.58. The fourth-order valence-electron chi connectivity index (χ4n) is 3.20. The Morgan fingerprint density at radius 1 is 1.31 bits per heavy atom. The lowest BCUT2D eigenvalue weighted by Crippen LogP contribution is -2.35. The molecule has 1 saturated heterocycles. The fraction of sp³-hybridized carbons (Fsp3) is 0.429. The predicted molar refractivity (Wildman–Crippen MR) is 108 cm³/mol. The van der Waals surface area contributed by atoms with Crippen molar-refractivity contribution in [1.82, 2.24) is 14.5 Å². The van der Waals surface area contributed by atoms with Crippen molar-refractivity contribution in [2.45, 2.75) is 50.4 Å². The van der Waals surface area contributed by atoms with Crippen LogP contribution in [0.4, 0.5) is 0 Å². The van der Waals surface area contributed by atoms with Gasteiger partial charge < -0.3 is 9.47 Å². The van der Waals surface area contributed by atoms with E-state index in [0.29, 0.717) is 5.75 Å². The van der Waals surface area contributed by atoms with Gasteiger partial charge in [-0.25, -0.2) is 4.98 Å². The van der Waals surface area contributed by atoms with Crippen molar-refractivity contribution >= 4 is 23.7 Å². The standard InChI is InChI=1S/C21H27N3OS/c1-21(2,3)24-15-13-22-20(24)26-16-19(25)23-14-7-10-18(23)12-11-17-8-5-4-6-9-17/h4-6,8-9,11-13,15,18H,7,10,14,16H2,1-3H3. The van der Waals surface area contributed by atoms with Crippen LogP contribution in [0.5, 0.6) is 0 Å². The summed E-state index contributed by atoms with van der Waals surface area (Å²) in [5, 5.41) is 0.904. The second kappa shape index (κ2) is 8.12. The zero-order valence-electron chi connectivity index (χ0n) is 15.8. The van der Waals surface area contributed by atoms with E-state index < -0.39 is 0 Å². The van der Waals surface area contributed by atoms with E-state index in [9.17, 15) is 4.79 Å². The minimum absolute atomic E-state index is 0.0313. The van der Waals surface area contributed by atoms with Crippen LogP contribution in [0.2, 0.25) is 0 Å². The normalized spacial score (nSPS) is 18.0. The molecule has 0 aliphatic carbocycles. The number of likely N-dealkylation sites (tertiary alicyclic amines) is 1. The van der Waals surface area contributed by atoms with Gasteiger partial charge in [-0.05, 0) is 39.2 Å². The molecule has 138 valence electrons. The number of carbonyl (C=O) groups is 1. The van der Waals surface area contributed by atoms with Crippen molar-refractivity contribution in [3.05, 3.63) is 54.4 Å². The van der Waals surface area contributed by atoms with Gasteiger partial charge in [0.25, 0.3) is 0 Å². The van der Waals surface area contributed by atoms with Crippen LogP contribution in [0.3, 0.4) is 0 Å². The molecule has 1 atom stereocenters. The molecule has 1 aromatic heterocycles. The number of nitrogens with zero attached hydrogens (tertiary/aromatic N) is 3. The highest BCUT2D eigenvalue weighted by Gasteiger charge is 2.27. The molecule has 1 unspecified atom stereocenters. The molecule has 2 aromatic rings. The highest BCUT2D eigenvalue weighted by atomic mass is 32.2. The Labute approximate surface area is 160 Å². The molecular formula is C21H27N3OS. The van der Waals surface area contributed by atoms with E-state index in [4.69, 9.17) is 0 Å². The van der Waals surface area contributed by atoms with Crippen LogP contribution in [0.1, 0.15) is 39.2 Å². The Bertz CT molecular complexity index is 761.